The standard InChI is InChI=1S/C18H16N2O3S/c1-11-16(21)20(12-7-9-13(23-2)10-8-12)18(24-11)14-5-3-4-6-15(14)19-17(18)22/h3-11H,1-2H3,(H,19,22)/t11-,18+/m1/s1. The van der Waals surface area contributed by atoms with Crippen LogP contribution in [0.1, 0.15) is 12.5 Å². The molecule has 0 aromatic heterocycles. The van der Waals surface area contributed by atoms with E-state index in [0.717, 1.165) is 11.3 Å². The smallest absolute Gasteiger partial charge is 0.266 e. The van der Waals surface area contributed by atoms with Gasteiger partial charge in [0.2, 0.25) is 10.8 Å². The van der Waals surface area contributed by atoms with E-state index in [1.807, 2.05) is 43.3 Å². The molecular formula is C18H16N2O3S. The summed E-state index contributed by atoms with van der Waals surface area (Å²) in [6, 6.07) is 14.7. The van der Waals surface area contributed by atoms with Gasteiger partial charge in [0.25, 0.3) is 5.91 Å². The molecular weight excluding hydrogens is 324 g/mol. The van der Waals surface area contributed by atoms with Crippen molar-refractivity contribution in [2.75, 3.05) is 17.3 Å². The molecule has 1 spiro atoms. The van der Waals surface area contributed by atoms with Crippen LogP contribution in [0.4, 0.5) is 11.4 Å². The van der Waals surface area contributed by atoms with Crippen LogP contribution in [0.25, 0.3) is 0 Å². The number of nitrogens with zero attached hydrogens (tertiary/aromatic N) is 1. The number of nitrogens with one attached hydrogen (secondary N) is 1. The van der Waals surface area contributed by atoms with Gasteiger partial charge in [-0.05, 0) is 37.3 Å². The third kappa shape index (κ3) is 1.89. The van der Waals surface area contributed by atoms with Gasteiger partial charge in [-0.1, -0.05) is 18.2 Å². The van der Waals surface area contributed by atoms with E-state index >= 15 is 0 Å². The van der Waals surface area contributed by atoms with E-state index in [4.69, 9.17) is 4.74 Å². The molecule has 5 nitrogen and oxygen atoms in total. The van der Waals surface area contributed by atoms with Crippen LogP contribution >= 0.6 is 11.8 Å². The molecule has 2 amide bonds. The van der Waals surface area contributed by atoms with Gasteiger partial charge in [0.15, 0.2) is 0 Å². The largest absolute Gasteiger partial charge is 0.497 e. The first-order valence-electron chi connectivity index (χ1n) is 7.65. The lowest BCUT2D eigenvalue weighted by Crippen LogP contribution is -2.47. The summed E-state index contributed by atoms with van der Waals surface area (Å²) in [5.74, 6) is 0.454. The number of anilines is 2. The van der Waals surface area contributed by atoms with Crippen LogP contribution in [0.2, 0.25) is 0 Å². The molecule has 6 heteroatoms. The van der Waals surface area contributed by atoms with E-state index in [0.29, 0.717) is 11.4 Å². The van der Waals surface area contributed by atoms with Crippen molar-refractivity contribution in [2.24, 2.45) is 0 Å². The van der Waals surface area contributed by atoms with E-state index in [1.54, 1.807) is 24.1 Å². The van der Waals surface area contributed by atoms with Gasteiger partial charge in [-0.3, -0.25) is 14.5 Å². The van der Waals surface area contributed by atoms with Crippen LogP contribution in [0, 0.1) is 0 Å². The van der Waals surface area contributed by atoms with Crippen molar-refractivity contribution in [3.05, 3.63) is 54.1 Å². The number of thioether (sulfide) groups is 1. The highest BCUT2D eigenvalue weighted by Gasteiger charge is 2.60. The number of fused-ring (bicyclic) bond motifs is 2. The summed E-state index contributed by atoms with van der Waals surface area (Å²) in [5.41, 5.74) is 2.27. The van der Waals surface area contributed by atoms with Crippen LogP contribution in [-0.4, -0.2) is 24.2 Å². The van der Waals surface area contributed by atoms with Gasteiger partial charge in [0, 0.05) is 16.9 Å². The lowest BCUT2D eigenvalue weighted by Gasteiger charge is -2.32. The van der Waals surface area contributed by atoms with Gasteiger partial charge in [-0.25, -0.2) is 0 Å². The average molecular weight is 340 g/mol. The number of benzene rings is 2. The number of carbonyl (C=O) groups is 2. The van der Waals surface area contributed by atoms with Gasteiger partial charge in [0.1, 0.15) is 5.75 Å². The van der Waals surface area contributed by atoms with Crippen molar-refractivity contribution in [1.29, 1.82) is 0 Å². The fourth-order valence-electron chi connectivity index (χ4n) is 3.29. The Morgan fingerprint density at radius 2 is 1.83 bits per heavy atom. The predicted molar refractivity (Wildman–Crippen MR) is 94.3 cm³/mol. The summed E-state index contributed by atoms with van der Waals surface area (Å²) in [6.45, 7) is 1.84. The normalized spacial score (nSPS) is 25.1. The van der Waals surface area contributed by atoms with Gasteiger partial charge in [-0.2, -0.15) is 0 Å². The molecule has 0 unspecified atom stereocenters. The van der Waals surface area contributed by atoms with Crippen molar-refractivity contribution in [2.45, 2.75) is 17.0 Å². The molecule has 2 atom stereocenters. The Hall–Kier alpha value is -2.47. The fourth-order valence-corrected chi connectivity index (χ4v) is 4.77. The first-order valence-corrected chi connectivity index (χ1v) is 8.53. The molecule has 122 valence electrons. The Morgan fingerprint density at radius 1 is 1.12 bits per heavy atom. The lowest BCUT2D eigenvalue weighted by molar-refractivity contribution is -0.122. The second-order valence-electron chi connectivity index (χ2n) is 5.78. The van der Waals surface area contributed by atoms with Crippen LogP contribution in [0.3, 0.4) is 0 Å². The molecule has 2 heterocycles. The highest BCUT2D eigenvalue weighted by molar-refractivity contribution is 8.03. The topological polar surface area (TPSA) is 58.6 Å². The van der Waals surface area contributed by atoms with E-state index in [2.05, 4.69) is 5.32 Å². The molecule has 0 bridgehead atoms. The zero-order valence-corrected chi connectivity index (χ0v) is 14.1. The predicted octanol–water partition coefficient (Wildman–Crippen LogP) is 2.97. The maximum atomic E-state index is 12.9. The summed E-state index contributed by atoms with van der Waals surface area (Å²) < 4.78 is 5.19. The molecule has 0 saturated carbocycles. The van der Waals surface area contributed by atoms with E-state index in [-0.39, 0.29) is 17.1 Å². The molecule has 2 aliphatic heterocycles. The van der Waals surface area contributed by atoms with Gasteiger partial charge >= 0.3 is 0 Å². The minimum atomic E-state index is -1.05. The van der Waals surface area contributed by atoms with Gasteiger partial charge < -0.3 is 10.1 Å². The molecule has 0 radical (unpaired) electrons. The fraction of sp³-hybridized carbons (Fsp3) is 0.222. The minimum absolute atomic E-state index is 0.0722. The number of hydrogen-bond acceptors (Lipinski definition) is 4. The van der Waals surface area contributed by atoms with Gasteiger partial charge in [0.05, 0.1) is 12.4 Å². The van der Waals surface area contributed by atoms with E-state index < -0.39 is 4.87 Å². The number of amides is 2. The second-order valence-corrected chi connectivity index (χ2v) is 7.31. The maximum absolute atomic E-state index is 12.9. The van der Waals surface area contributed by atoms with Gasteiger partial charge in [-0.15, -0.1) is 11.8 Å². The summed E-state index contributed by atoms with van der Waals surface area (Å²) in [5, 5.41) is 2.61. The zero-order chi connectivity index (χ0) is 16.9. The van der Waals surface area contributed by atoms with Crippen LogP contribution in [0.15, 0.2) is 48.5 Å². The Morgan fingerprint density at radius 3 is 2.54 bits per heavy atom. The van der Waals surface area contributed by atoms with Crippen molar-refractivity contribution < 1.29 is 14.3 Å². The molecule has 1 fully saturated rings. The Labute approximate surface area is 144 Å². The number of methoxy groups -OCH3 is 1. The first-order chi connectivity index (χ1) is 11.6. The SMILES string of the molecule is COc1ccc(N2C(=O)[C@@H](C)S[C@@]23C(=O)Nc2ccccc23)cc1. The summed E-state index contributed by atoms with van der Waals surface area (Å²) in [6.07, 6.45) is 0. The monoisotopic (exact) mass is 340 g/mol. The first kappa shape index (κ1) is 15.1. The minimum Gasteiger partial charge on any atom is -0.497 e. The van der Waals surface area contributed by atoms with E-state index in [1.165, 1.54) is 11.8 Å². The third-order valence-electron chi connectivity index (χ3n) is 4.41. The number of carbonyl (C=O) groups excluding carboxylic acids is 2. The van der Waals surface area contributed by atoms with Crippen molar-refractivity contribution >= 4 is 35.0 Å². The highest BCUT2D eigenvalue weighted by Crippen LogP contribution is 2.55. The molecule has 2 aliphatic rings. The molecule has 2 aromatic carbocycles. The highest BCUT2D eigenvalue weighted by atomic mass is 32.2. The van der Waals surface area contributed by atoms with E-state index in [9.17, 15) is 9.59 Å². The average Bonchev–Trinajstić information content (AvgIpc) is 3.03. The molecule has 2 aromatic rings. The number of para-hydroxylation sites is 1. The molecule has 0 aliphatic carbocycles. The van der Waals surface area contributed by atoms with Crippen LogP contribution in [-0.2, 0) is 14.5 Å². The third-order valence-corrected chi connectivity index (χ3v) is 5.89. The van der Waals surface area contributed by atoms with Crippen molar-refractivity contribution in [3.63, 3.8) is 0 Å². The quantitative estimate of drug-likeness (QED) is 0.913. The lowest BCUT2D eigenvalue weighted by atomic mass is 10.0. The molecule has 1 N–H and O–H groups in total. The summed E-state index contributed by atoms with van der Waals surface area (Å²) >= 11 is 1.38. The summed E-state index contributed by atoms with van der Waals surface area (Å²) in [4.78, 5) is 26.3. The summed E-state index contributed by atoms with van der Waals surface area (Å²) in [7, 11) is 1.59. The zero-order valence-electron chi connectivity index (χ0n) is 13.3. The van der Waals surface area contributed by atoms with Crippen molar-refractivity contribution in [3.8, 4) is 5.75 Å². The maximum Gasteiger partial charge on any atom is 0.266 e. The van der Waals surface area contributed by atoms with Crippen LogP contribution in [0.5, 0.6) is 5.75 Å². The number of rotatable bonds is 2. The molecule has 24 heavy (non-hydrogen) atoms. The Balaban J connectivity index is 1.90. The number of hydrogen-bond donors (Lipinski definition) is 1. The van der Waals surface area contributed by atoms with Crippen molar-refractivity contribution in [1.82, 2.24) is 0 Å². The second kappa shape index (κ2) is 5.27. The Bertz CT molecular complexity index is 836. The van der Waals surface area contributed by atoms with Crippen LogP contribution < -0.4 is 15.0 Å². The molecule has 4 rings (SSSR count). The number of ether oxygens (including phenoxy) is 1. The Kier molecular flexibility index (Phi) is 3.31. The molecule has 1 saturated heterocycles.